The molecule has 0 bridgehead atoms. The molecule has 2 amide bonds. The van der Waals surface area contributed by atoms with Gasteiger partial charge in [0.05, 0.1) is 37.6 Å². The highest BCUT2D eigenvalue weighted by Crippen LogP contribution is 2.45. The third kappa shape index (κ3) is 10.5. The van der Waals surface area contributed by atoms with Crippen molar-refractivity contribution >= 4 is 39.3 Å². The van der Waals surface area contributed by atoms with Crippen LogP contribution in [0, 0.1) is 34.6 Å². The van der Waals surface area contributed by atoms with Crippen LogP contribution in [0.3, 0.4) is 0 Å². The summed E-state index contributed by atoms with van der Waals surface area (Å²) >= 11 is 0. The first-order valence-electron chi connectivity index (χ1n) is 21.0. The number of carboxylic acid groups (broad SMARTS) is 2. The number of rotatable bonds is 13. The first kappa shape index (κ1) is 51.7. The van der Waals surface area contributed by atoms with Gasteiger partial charge >= 0.3 is 24.3 Å². The maximum atomic E-state index is 14.7. The van der Waals surface area contributed by atoms with Crippen LogP contribution in [-0.4, -0.2) is 49.4 Å². The Kier molecular flexibility index (Phi) is 14.1. The zero-order chi connectivity index (χ0) is 52.0. The summed E-state index contributed by atoms with van der Waals surface area (Å²) in [5.74, 6) is -6.10. The van der Waals surface area contributed by atoms with Crippen molar-refractivity contribution in [3.63, 3.8) is 0 Å². The van der Waals surface area contributed by atoms with Gasteiger partial charge in [-0.05, 0) is 135 Å². The van der Waals surface area contributed by atoms with Crippen molar-refractivity contribution in [1.82, 2.24) is 5.32 Å². The van der Waals surface area contributed by atoms with Gasteiger partial charge in [0.1, 0.15) is 28.6 Å². The average Bonchev–Trinajstić information content (AvgIpc) is 3.27. The van der Waals surface area contributed by atoms with Gasteiger partial charge in [0.2, 0.25) is 9.84 Å². The fourth-order valence-electron chi connectivity index (χ4n) is 7.80. The van der Waals surface area contributed by atoms with Crippen LogP contribution in [0.15, 0.2) is 107 Å². The molecule has 0 atom stereocenters. The molecule has 0 unspecified atom stereocenters. The third-order valence-corrected chi connectivity index (χ3v) is 13.3. The van der Waals surface area contributed by atoms with Crippen LogP contribution in [-0.2, 0) is 27.6 Å². The van der Waals surface area contributed by atoms with Gasteiger partial charge in [-0.25, -0.2) is 18.0 Å². The van der Waals surface area contributed by atoms with Crippen molar-refractivity contribution in [1.29, 1.82) is 0 Å². The molecule has 366 valence electrons. The van der Waals surface area contributed by atoms with E-state index in [1.165, 1.54) is 19.2 Å². The Morgan fingerprint density at radius 2 is 0.929 bits per heavy atom. The number of carbonyl (C=O) groups is 4. The van der Waals surface area contributed by atoms with Gasteiger partial charge in [0.15, 0.2) is 0 Å². The van der Waals surface area contributed by atoms with Gasteiger partial charge in [0.25, 0.3) is 11.8 Å². The lowest BCUT2D eigenvalue weighted by Crippen LogP contribution is -2.22. The molecule has 70 heavy (non-hydrogen) atoms. The lowest BCUT2D eigenvalue weighted by Gasteiger charge is -2.29. The molecule has 0 aliphatic heterocycles. The van der Waals surface area contributed by atoms with E-state index in [0.29, 0.717) is 39.9 Å². The number of anilines is 1. The Bertz CT molecular complexity index is 3210. The first-order chi connectivity index (χ1) is 32.4. The molecule has 0 fully saturated rings. The molecule has 0 aliphatic rings. The van der Waals surface area contributed by atoms with Crippen molar-refractivity contribution in [3.8, 4) is 23.0 Å². The van der Waals surface area contributed by atoms with E-state index in [2.05, 4.69) is 10.6 Å². The largest absolute Gasteiger partial charge is 0.478 e. The van der Waals surface area contributed by atoms with E-state index in [9.17, 15) is 64.2 Å². The molecule has 0 heterocycles. The number of ether oxygens (including phenoxy) is 2. The highest BCUT2D eigenvalue weighted by molar-refractivity contribution is 7.91. The molecule has 0 spiro atoms. The van der Waals surface area contributed by atoms with Crippen LogP contribution in [0.1, 0.15) is 105 Å². The number of carboxylic acids is 2. The molecule has 12 nitrogen and oxygen atoms in total. The molecular weight excluding hydrogens is 947 g/mol. The number of carbonyl (C=O) groups excluding carboxylic acids is 2. The second-order valence-electron chi connectivity index (χ2n) is 17.0. The predicted octanol–water partition coefficient (Wildman–Crippen LogP) is 12.0. The topological polar surface area (TPSA) is 185 Å². The second kappa shape index (κ2) is 19.0. The average molecular weight is 991 g/mol. The fraction of sp³-hybridized carbons (Fsp3) is 0.216. The summed E-state index contributed by atoms with van der Waals surface area (Å²) in [5, 5.41) is 23.8. The fourth-order valence-corrected chi connectivity index (χ4v) is 9.11. The number of sulfone groups is 1. The Hall–Kier alpha value is -7.67. The number of aryl methyl sites for hydroxylation is 5. The minimum Gasteiger partial charge on any atom is -0.478 e. The molecule has 0 radical (unpaired) electrons. The van der Waals surface area contributed by atoms with Gasteiger partial charge < -0.3 is 30.3 Å². The third-order valence-electron chi connectivity index (χ3n) is 11.6. The number of alkyl halides is 6. The van der Waals surface area contributed by atoms with Crippen LogP contribution in [0.4, 0.5) is 32.0 Å². The van der Waals surface area contributed by atoms with Crippen molar-refractivity contribution in [2.45, 2.75) is 76.0 Å². The molecule has 6 aromatic rings. The highest BCUT2D eigenvalue weighted by Gasteiger charge is 2.37. The lowest BCUT2D eigenvalue weighted by molar-refractivity contribution is -0.139. The standard InChI is InChI=1S/C51H44F6N2O10S/c1-25-9-15-41(39(17-25)50(52,53)54)68-43-26(2)18-30(19-27(43)3)49(6,7)31-20-28(4)44(29(5)21-31)69-42-16-10-32(22-40(42)51(55,56)57)59-46(61)38-24-34(12-14-36(38)48(64)65)70(66,67)33-11-13-35(47(62)63)37(23-33)45(60)58-8/h9-24H,1-8H3,(H,58,60)(H,59,61)(H,62,63)(H,64,65). The highest BCUT2D eigenvalue weighted by atomic mass is 32.2. The van der Waals surface area contributed by atoms with Gasteiger partial charge in [-0.2, -0.15) is 26.3 Å². The van der Waals surface area contributed by atoms with Crippen LogP contribution in [0.25, 0.3) is 0 Å². The Morgan fingerprint density at radius 1 is 0.529 bits per heavy atom. The molecule has 0 aliphatic carbocycles. The molecule has 6 rings (SSSR count). The van der Waals surface area contributed by atoms with E-state index in [1.54, 1.807) is 58.9 Å². The van der Waals surface area contributed by atoms with Crippen molar-refractivity contribution < 1.29 is 73.6 Å². The summed E-state index contributed by atoms with van der Waals surface area (Å²) in [6.07, 6.45) is -9.72. The monoisotopic (exact) mass is 990 g/mol. The number of halogens is 6. The SMILES string of the molecule is CNC(=O)c1cc(S(=O)(=O)c2ccc(C(=O)O)c(C(=O)Nc3ccc(Oc4c(C)cc(C(C)(C)c5cc(C)c(Oc6ccc(C)cc6C(F)(F)F)c(C)c5)cc4C)c(C(F)(F)F)c3)c2)ccc1C(=O)O. The number of benzene rings is 6. The second-order valence-corrected chi connectivity index (χ2v) is 18.9. The predicted molar refractivity (Wildman–Crippen MR) is 245 cm³/mol. The Morgan fingerprint density at radius 3 is 1.33 bits per heavy atom. The molecule has 19 heteroatoms. The first-order valence-corrected chi connectivity index (χ1v) is 22.5. The van der Waals surface area contributed by atoms with Gasteiger partial charge in [-0.15, -0.1) is 0 Å². The summed E-state index contributed by atoms with van der Waals surface area (Å²) in [7, 11) is -3.49. The maximum Gasteiger partial charge on any atom is 0.420 e. The van der Waals surface area contributed by atoms with E-state index in [0.717, 1.165) is 59.7 Å². The van der Waals surface area contributed by atoms with Gasteiger partial charge in [0, 0.05) is 18.2 Å². The minimum atomic E-state index is -5.07. The van der Waals surface area contributed by atoms with Crippen LogP contribution >= 0.6 is 0 Å². The molecular formula is C51H44F6N2O10S. The van der Waals surface area contributed by atoms with Gasteiger partial charge in [-0.3, -0.25) is 9.59 Å². The van der Waals surface area contributed by atoms with Crippen molar-refractivity contribution in [2.24, 2.45) is 0 Å². The number of amides is 2. The summed E-state index contributed by atoms with van der Waals surface area (Å²) < 4.78 is 125. The van der Waals surface area contributed by atoms with Gasteiger partial charge in [-0.1, -0.05) is 49.7 Å². The number of nitrogens with one attached hydrogen (secondary N) is 2. The van der Waals surface area contributed by atoms with E-state index in [4.69, 9.17) is 9.47 Å². The van der Waals surface area contributed by atoms with Crippen LogP contribution in [0.5, 0.6) is 23.0 Å². The van der Waals surface area contributed by atoms with E-state index in [-0.39, 0.29) is 17.2 Å². The summed E-state index contributed by atoms with van der Waals surface area (Å²) in [6.45, 7) is 12.1. The molecule has 0 saturated heterocycles. The zero-order valence-corrected chi connectivity index (χ0v) is 39.4. The summed E-state index contributed by atoms with van der Waals surface area (Å²) in [6, 6.07) is 18.4. The maximum absolute atomic E-state index is 14.7. The molecule has 0 aromatic heterocycles. The minimum absolute atomic E-state index is 0.0840. The zero-order valence-electron chi connectivity index (χ0n) is 38.6. The van der Waals surface area contributed by atoms with Crippen LogP contribution in [0.2, 0.25) is 0 Å². The van der Waals surface area contributed by atoms with E-state index in [1.807, 2.05) is 13.8 Å². The van der Waals surface area contributed by atoms with E-state index < -0.39 is 106 Å². The van der Waals surface area contributed by atoms with E-state index >= 15 is 0 Å². The Labute approximate surface area is 397 Å². The molecule has 6 aromatic carbocycles. The van der Waals surface area contributed by atoms with Crippen LogP contribution < -0.4 is 20.1 Å². The quantitative estimate of drug-likeness (QED) is 0.0812. The summed E-state index contributed by atoms with van der Waals surface area (Å²) in [5.41, 5.74) is -2.04. The Balaban J connectivity index is 1.28. The van der Waals surface area contributed by atoms with Crippen molar-refractivity contribution in [3.05, 3.63) is 169 Å². The normalized spacial score (nSPS) is 12.0. The molecule has 0 saturated carbocycles. The smallest absolute Gasteiger partial charge is 0.420 e. The molecule has 4 N–H and O–H groups in total. The number of hydrogen-bond acceptors (Lipinski definition) is 8. The number of hydrogen-bond donors (Lipinski definition) is 4. The lowest BCUT2D eigenvalue weighted by atomic mass is 9.76. The van der Waals surface area contributed by atoms with Crippen molar-refractivity contribution in [2.75, 3.05) is 12.4 Å². The summed E-state index contributed by atoms with van der Waals surface area (Å²) in [4.78, 5) is 48.7. The number of aromatic carboxylic acids is 2.